The van der Waals surface area contributed by atoms with Gasteiger partial charge in [0, 0.05) is 0 Å². The van der Waals surface area contributed by atoms with E-state index in [9.17, 15) is 14.4 Å². The molecule has 35 heavy (non-hydrogen) atoms. The number of thiazole rings is 1. The number of methoxy groups -OCH3 is 1. The minimum absolute atomic E-state index is 0.219. The molecule has 0 saturated heterocycles. The van der Waals surface area contributed by atoms with Crippen LogP contribution in [0.3, 0.4) is 0 Å². The highest BCUT2D eigenvalue weighted by molar-refractivity contribution is 7.07. The lowest BCUT2D eigenvalue weighted by Crippen LogP contribution is -2.38. The summed E-state index contributed by atoms with van der Waals surface area (Å²) in [6.45, 7) is 3.71. The molecule has 0 fully saturated rings. The van der Waals surface area contributed by atoms with Gasteiger partial charge in [0.2, 0.25) is 0 Å². The van der Waals surface area contributed by atoms with Crippen molar-refractivity contribution in [2.45, 2.75) is 19.9 Å². The zero-order valence-electron chi connectivity index (χ0n) is 19.6. The molecule has 1 aromatic heterocycles. The number of hydrogen-bond acceptors (Lipinski definition) is 7. The van der Waals surface area contributed by atoms with Crippen LogP contribution in [0.1, 0.15) is 41.4 Å². The summed E-state index contributed by atoms with van der Waals surface area (Å²) in [5.74, 6) is -0.924. The summed E-state index contributed by atoms with van der Waals surface area (Å²) < 4.78 is 12.0. The van der Waals surface area contributed by atoms with Gasteiger partial charge in [0.05, 0.1) is 41.1 Å². The molecule has 0 spiro atoms. The number of carbonyl (C=O) groups excluding carboxylic acids is 2. The lowest BCUT2D eigenvalue weighted by atomic mass is 10.0. The summed E-state index contributed by atoms with van der Waals surface area (Å²) in [5, 5.41) is 0. The second kappa shape index (κ2) is 10.5. The van der Waals surface area contributed by atoms with Crippen LogP contribution in [0.2, 0.25) is 0 Å². The van der Waals surface area contributed by atoms with E-state index in [2.05, 4.69) is 4.99 Å². The molecule has 1 aliphatic rings. The molecule has 4 rings (SSSR count). The van der Waals surface area contributed by atoms with Gasteiger partial charge in [-0.05, 0) is 43.2 Å². The maximum absolute atomic E-state index is 13.5. The number of nitrogens with zero attached hydrogens (tertiary/aromatic N) is 2. The lowest BCUT2D eigenvalue weighted by Gasteiger charge is -2.21. The van der Waals surface area contributed by atoms with Gasteiger partial charge in [0.15, 0.2) is 4.80 Å². The Kier molecular flexibility index (Phi) is 7.22. The van der Waals surface area contributed by atoms with E-state index in [-0.39, 0.29) is 12.2 Å². The summed E-state index contributed by atoms with van der Waals surface area (Å²) in [4.78, 5) is 43.1. The summed E-state index contributed by atoms with van der Waals surface area (Å²) in [5.41, 5.74) is 2.70. The second-order valence-corrected chi connectivity index (χ2v) is 8.74. The minimum atomic E-state index is -0.658. The number of aromatic nitrogens is 1. The van der Waals surface area contributed by atoms with Crippen LogP contribution in [0.15, 0.2) is 81.7 Å². The van der Waals surface area contributed by atoms with Crippen molar-refractivity contribution < 1.29 is 19.1 Å². The number of ether oxygens (including phenoxy) is 2. The summed E-state index contributed by atoms with van der Waals surface area (Å²) in [6, 6.07) is 15.8. The standard InChI is InChI=1S/C27H24N2O5S/c1-4-34-26(32)23-17(2)28-27-29(21(23)15-12-18-8-6-5-7-9-18)24(30)22(35-27)16-19-10-13-20(14-11-19)25(31)33-3/h5-16,21H,4H2,1-3H3/b15-12+,22-16+. The van der Waals surface area contributed by atoms with Crippen LogP contribution in [0.25, 0.3) is 12.2 Å². The Bertz CT molecular complexity index is 1500. The molecule has 8 heteroatoms. The van der Waals surface area contributed by atoms with Gasteiger partial charge in [0.25, 0.3) is 5.56 Å². The Labute approximate surface area is 206 Å². The third kappa shape index (κ3) is 5.07. The number of carbonyl (C=O) groups is 2. The first-order valence-electron chi connectivity index (χ1n) is 11.0. The first-order chi connectivity index (χ1) is 16.9. The van der Waals surface area contributed by atoms with E-state index < -0.39 is 18.0 Å². The molecule has 7 nitrogen and oxygen atoms in total. The number of allylic oxidation sites excluding steroid dienone is 2. The molecule has 2 heterocycles. The Morgan fingerprint density at radius 3 is 2.43 bits per heavy atom. The van der Waals surface area contributed by atoms with Gasteiger partial charge in [-0.2, -0.15) is 0 Å². The van der Waals surface area contributed by atoms with E-state index in [1.807, 2.05) is 42.5 Å². The second-order valence-electron chi connectivity index (χ2n) is 7.73. The van der Waals surface area contributed by atoms with Crippen molar-refractivity contribution in [1.29, 1.82) is 0 Å². The van der Waals surface area contributed by atoms with Gasteiger partial charge < -0.3 is 9.47 Å². The van der Waals surface area contributed by atoms with Crippen molar-refractivity contribution in [2.75, 3.05) is 13.7 Å². The predicted octanol–water partition coefficient (Wildman–Crippen LogP) is 3.25. The average molecular weight is 489 g/mol. The fourth-order valence-corrected chi connectivity index (χ4v) is 4.82. The van der Waals surface area contributed by atoms with Gasteiger partial charge in [-0.25, -0.2) is 14.6 Å². The van der Waals surface area contributed by atoms with Crippen molar-refractivity contribution in [1.82, 2.24) is 4.57 Å². The van der Waals surface area contributed by atoms with Crippen LogP contribution >= 0.6 is 11.3 Å². The van der Waals surface area contributed by atoms with Crippen molar-refractivity contribution in [2.24, 2.45) is 4.99 Å². The summed E-state index contributed by atoms with van der Waals surface area (Å²) in [6.07, 6.45) is 5.45. The molecule has 178 valence electrons. The largest absolute Gasteiger partial charge is 0.465 e. The van der Waals surface area contributed by atoms with Gasteiger partial charge in [-0.1, -0.05) is 66.0 Å². The first-order valence-corrected chi connectivity index (χ1v) is 11.9. The van der Waals surface area contributed by atoms with E-state index in [1.54, 1.807) is 44.2 Å². The minimum Gasteiger partial charge on any atom is -0.465 e. The van der Waals surface area contributed by atoms with Crippen molar-refractivity contribution >= 4 is 35.4 Å². The van der Waals surface area contributed by atoms with Crippen LogP contribution in [-0.2, 0) is 14.3 Å². The van der Waals surface area contributed by atoms with Crippen molar-refractivity contribution in [3.8, 4) is 0 Å². The molecule has 2 aromatic carbocycles. The number of benzene rings is 2. The van der Waals surface area contributed by atoms with Crippen LogP contribution in [0.5, 0.6) is 0 Å². The van der Waals surface area contributed by atoms with Gasteiger partial charge >= 0.3 is 11.9 Å². The molecule has 0 aliphatic carbocycles. The smallest absolute Gasteiger partial charge is 0.338 e. The van der Waals surface area contributed by atoms with Crippen LogP contribution in [0, 0.1) is 0 Å². The maximum atomic E-state index is 13.5. The molecular weight excluding hydrogens is 464 g/mol. The molecule has 0 radical (unpaired) electrons. The summed E-state index contributed by atoms with van der Waals surface area (Å²) >= 11 is 1.24. The van der Waals surface area contributed by atoms with E-state index in [0.29, 0.717) is 26.2 Å². The van der Waals surface area contributed by atoms with Crippen LogP contribution < -0.4 is 14.9 Å². The zero-order valence-corrected chi connectivity index (χ0v) is 20.4. The number of rotatable bonds is 6. The Morgan fingerprint density at radius 1 is 1.06 bits per heavy atom. The van der Waals surface area contributed by atoms with Crippen LogP contribution in [-0.4, -0.2) is 30.2 Å². The molecule has 1 aliphatic heterocycles. The highest BCUT2D eigenvalue weighted by atomic mass is 32.1. The maximum Gasteiger partial charge on any atom is 0.338 e. The Balaban J connectivity index is 1.82. The quantitative estimate of drug-likeness (QED) is 0.497. The topological polar surface area (TPSA) is 87.0 Å². The monoisotopic (exact) mass is 488 g/mol. The highest BCUT2D eigenvalue weighted by Gasteiger charge is 2.30. The van der Waals surface area contributed by atoms with Crippen molar-refractivity contribution in [3.05, 3.63) is 108 Å². The third-order valence-electron chi connectivity index (χ3n) is 5.46. The third-order valence-corrected chi connectivity index (χ3v) is 6.44. The van der Waals surface area contributed by atoms with E-state index >= 15 is 0 Å². The fraction of sp³-hybridized carbons (Fsp3) is 0.185. The van der Waals surface area contributed by atoms with Gasteiger partial charge in [-0.15, -0.1) is 0 Å². The predicted molar refractivity (Wildman–Crippen MR) is 135 cm³/mol. The molecule has 3 aromatic rings. The molecule has 1 unspecified atom stereocenters. The van der Waals surface area contributed by atoms with Gasteiger partial charge in [0.1, 0.15) is 0 Å². The van der Waals surface area contributed by atoms with E-state index in [1.165, 1.54) is 23.0 Å². The normalized spacial score (nSPS) is 15.6. The Morgan fingerprint density at radius 2 is 1.77 bits per heavy atom. The fourth-order valence-electron chi connectivity index (χ4n) is 3.77. The first kappa shape index (κ1) is 24.1. The van der Waals surface area contributed by atoms with E-state index in [0.717, 1.165) is 11.1 Å². The molecule has 0 N–H and O–H groups in total. The van der Waals surface area contributed by atoms with E-state index in [4.69, 9.17) is 9.47 Å². The van der Waals surface area contributed by atoms with Crippen LogP contribution in [0.4, 0.5) is 0 Å². The van der Waals surface area contributed by atoms with Crippen molar-refractivity contribution in [3.63, 3.8) is 0 Å². The number of esters is 2. The highest BCUT2D eigenvalue weighted by Crippen LogP contribution is 2.26. The molecular formula is C27H24N2O5S. The Hall–Kier alpha value is -4.04. The number of hydrogen-bond donors (Lipinski definition) is 0. The lowest BCUT2D eigenvalue weighted by molar-refractivity contribution is -0.139. The SMILES string of the molecule is CCOC(=O)C1=C(C)N=c2s/c(=C/c3ccc(C(=O)OC)cc3)c(=O)n2C1/C=C/c1ccccc1. The average Bonchev–Trinajstić information content (AvgIpc) is 3.17. The molecule has 1 atom stereocenters. The number of fused-ring (bicyclic) bond motifs is 1. The van der Waals surface area contributed by atoms with Gasteiger partial charge in [-0.3, -0.25) is 9.36 Å². The summed E-state index contributed by atoms with van der Waals surface area (Å²) in [7, 11) is 1.33. The molecule has 0 bridgehead atoms. The molecule has 0 saturated carbocycles. The zero-order chi connectivity index (χ0) is 24.9. The molecule has 0 amide bonds.